The molecule has 2 rings (SSSR count). The first-order valence-electron chi connectivity index (χ1n) is 5.90. The number of hydrogen-bond acceptors (Lipinski definition) is 5. The van der Waals surface area contributed by atoms with E-state index in [-0.39, 0.29) is 12.1 Å². The number of hydrogen-bond donors (Lipinski definition) is 1. The van der Waals surface area contributed by atoms with E-state index in [2.05, 4.69) is 9.97 Å². The normalized spacial score (nSPS) is 12.2. The van der Waals surface area contributed by atoms with Crippen molar-refractivity contribution in [1.29, 1.82) is 0 Å². The Morgan fingerprint density at radius 3 is 2.95 bits per heavy atom. The average molecular weight is 260 g/mol. The highest BCUT2D eigenvalue weighted by Crippen LogP contribution is 2.13. The van der Waals surface area contributed by atoms with Crippen LogP contribution in [-0.2, 0) is 7.05 Å². The SMILES string of the molecule is CN(CC(O)c1cccnc1)c1nccn(C)c1=O. The molecule has 0 bridgehead atoms. The summed E-state index contributed by atoms with van der Waals surface area (Å²) in [6.45, 7) is 0.276. The smallest absolute Gasteiger partial charge is 0.293 e. The van der Waals surface area contributed by atoms with Gasteiger partial charge in [-0.2, -0.15) is 0 Å². The second-order valence-corrected chi connectivity index (χ2v) is 4.35. The third-order valence-corrected chi connectivity index (χ3v) is 2.88. The number of aryl methyl sites for hydroxylation is 1. The van der Waals surface area contributed by atoms with Gasteiger partial charge in [0.1, 0.15) is 0 Å². The molecule has 0 spiro atoms. The lowest BCUT2D eigenvalue weighted by Gasteiger charge is -2.21. The van der Waals surface area contributed by atoms with Gasteiger partial charge in [0.05, 0.1) is 6.10 Å². The predicted octanol–water partition coefficient (Wildman–Crippen LogP) is 0.345. The summed E-state index contributed by atoms with van der Waals surface area (Å²) in [5, 5.41) is 10.1. The molecule has 0 aliphatic carbocycles. The van der Waals surface area contributed by atoms with Crippen LogP contribution < -0.4 is 10.5 Å². The maximum absolute atomic E-state index is 11.9. The van der Waals surface area contributed by atoms with Gasteiger partial charge >= 0.3 is 0 Å². The Labute approximate surface area is 111 Å². The van der Waals surface area contributed by atoms with E-state index < -0.39 is 6.10 Å². The summed E-state index contributed by atoms with van der Waals surface area (Å²) in [6.07, 6.45) is 5.69. The molecule has 0 saturated heterocycles. The van der Waals surface area contributed by atoms with Crippen LogP contribution in [-0.4, -0.2) is 33.2 Å². The Hall–Kier alpha value is -2.21. The van der Waals surface area contributed by atoms with E-state index in [0.29, 0.717) is 11.4 Å². The van der Waals surface area contributed by atoms with Gasteiger partial charge in [-0.1, -0.05) is 6.07 Å². The summed E-state index contributed by atoms with van der Waals surface area (Å²) in [5.41, 5.74) is 0.519. The van der Waals surface area contributed by atoms with Crippen LogP contribution in [0.1, 0.15) is 11.7 Å². The summed E-state index contributed by atoms with van der Waals surface area (Å²) >= 11 is 0. The van der Waals surface area contributed by atoms with Crippen molar-refractivity contribution in [3.8, 4) is 0 Å². The van der Waals surface area contributed by atoms with Crippen LogP contribution in [0.4, 0.5) is 5.82 Å². The molecular formula is C13H16N4O2. The van der Waals surface area contributed by atoms with Gasteiger partial charge in [0.2, 0.25) is 0 Å². The zero-order valence-corrected chi connectivity index (χ0v) is 10.9. The first-order valence-corrected chi connectivity index (χ1v) is 5.90. The maximum atomic E-state index is 11.9. The molecule has 0 aliphatic heterocycles. The largest absolute Gasteiger partial charge is 0.386 e. The van der Waals surface area contributed by atoms with Gasteiger partial charge in [0.15, 0.2) is 5.82 Å². The lowest BCUT2D eigenvalue weighted by atomic mass is 10.1. The molecule has 6 heteroatoms. The quantitative estimate of drug-likeness (QED) is 0.858. The molecule has 2 heterocycles. The highest BCUT2D eigenvalue weighted by atomic mass is 16.3. The van der Waals surface area contributed by atoms with E-state index >= 15 is 0 Å². The Morgan fingerprint density at radius 2 is 2.26 bits per heavy atom. The summed E-state index contributed by atoms with van der Waals surface area (Å²) in [7, 11) is 3.39. The number of pyridine rings is 1. The maximum Gasteiger partial charge on any atom is 0.293 e. The topological polar surface area (TPSA) is 71.2 Å². The standard InChI is InChI=1S/C13H16N4O2/c1-16-7-6-15-12(13(16)19)17(2)9-11(18)10-4-3-5-14-8-10/h3-8,11,18H,9H2,1-2H3. The predicted molar refractivity (Wildman–Crippen MR) is 71.9 cm³/mol. The molecule has 0 aromatic carbocycles. The van der Waals surface area contributed by atoms with E-state index in [1.165, 1.54) is 4.57 Å². The van der Waals surface area contributed by atoms with Crippen molar-refractivity contribution >= 4 is 5.82 Å². The number of aliphatic hydroxyl groups excluding tert-OH is 1. The fourth-order valence-electron chi connectivity index (χ4n) is 1.77. The molecule has 2 aromatic heterocycles. The second-order valence-electron chi connectivity index (χ2n) is 4.35. The molecular weight excluding hydrogens is 244 g/mol. The van der Waals surface area contributed by atoms with Crippen LogP contribution in [0.15, 0.2) is 41.7 Å². The summed E-state index contributed by atoms with van der Waals surface area (Å²) in [4.78, 5) is 21.5. The van der Waals surface area contributed by atoms with Crippen molar-refractivity contribution < 1.29 is 5.11 Å². The molecule has 19 heavy (non-hydrogen) atoms. The minimum absolute atomic E-state index is 0.191. The van der Waals surface area contributed by atoms with Gasteiger partial charge in [-0.25, -0.2) is 4.98 Å². The number of likely N-dealkylation sites (N-methyl/N-ethyl adjacent to an activating group) is 1. The van der Waals surface area contributed by atoms with Crippen molar-refractivity contribution in [3.05, 3.63) is 52.8 Å². The van der Waals surface area contributed by atoms with E-state index in [1.807, 2.05) is 0 Å². The van der Waals surface area contributed by atoms with Crippen LogP contribution in [0.2, 0.25) is 0 Å². The van der Waals surface area contributed by atoms with E-state index in [0.717, 1.165) is 0 Å². The molecule has 1 unspecified atom stereocenters. The summed E-state index contributed by atoms with van der Waals surface area (Å²) < 4.78 is 1.45. The van der Waals surface area contributed by atoms with E-state index in [4.69, 9.17) is 0 Å². The van der Waals surface area contributed by atoms with Gasteiger partial charge in [0.25, 0.3) is 5.56 Å². The molecule has 0 aliphatic rings. The summed E-state index contributed by atoms with van der Waals surface area (Å²) in [5.74, 6) is 0.313. The average Bonchev–Trinajstić information content (AvgIpc) is 2.42. The van der Waals surface area contributed by atoms with Crippen molar-refractivity contribution in [3.63, 3.8) is 0 Å². The molecule has 100 valence electrons. The Bertz CT molecular complexity index is 597. The zero-order valence-electron chi connectivity index (χ0n) is 10.9. The van der Waals surface area contributed by atoms with Gasteiger partial charge in [-0.15, -0.1) is 0 Å². The molecule has 1 atom stereocenters. The van der Waals surface area contributed by atoms with Gasteiger partial charge in [-0.05, 0) is 6.07 Å². The van der Waals surface area contributed by atoms with E-state index in [1.54, 1.807) is 55.9 Å². The van der Waals surface area contributed by atoms with Crippen LogP contribution in [0.5, 0.6) is 0 Å². The Morgan fingerprint density at radius 1 is 1.47 bits per heavy atom. The third-order valence-electron chi connectivity index (χ3n) is 2.88. The van der Waals surface area contributed by atoms with Crippen molar-refractivity contribution in [2.45, 2.75) is 6.10 Å². The lowest BCUT2D eigenvalue weighted by molar-refractivity contribution is 0.184. The van der Waals surface area contributed by atoms with E-state index in [9.17, 15) is 9.90 Å². The van der Waals surface area contributed by atoms with Crippen LogP contribution >= 0.6 is 0 Å². The Balaban J connectivity index is 2.15. The zero-order chi connectivity index (χ0) is 13.8. The third kappa shape index (κ3) is 2.97. The Kier molecular flexibility index (Phi) is 3.91. The molecule has 0 fully saturated rings. The minimum atomic E-state index is -0.717. The first kappa shape index (κ1) is 13.2. The van der Waals surface area contributed by atoms with Gasteiger partial charge < -0.3 is 14.6 Å². The molecule has 0 amide bonds. The fourth-order valence-corrected chi connectivity index (χ4v) is 1.77. The van der Waals surface area contributed by atoms with Crippen LogP contribution in [0, 0.1) is 0 Å². The highest BCUT2D eigenvalue weighted by molar-refractivity contribution is 5.35. The van der Waals surface area contributed by atoms with Gasteiger partial charge in [0, 0.05) is 51.0 Å². The molecule has 1 N–H and O–H groups in total. The molecule has 0 saturated carbocycles. The highest BCUT2D eigenvalue weighted by Gasteiger charge is 2.14. The van der Waals surface area contributed by atoms with Crippen molar-refractivity contribution in [2.24, 2.45) is 7.05 Å². The monoisotopic (exact) mass is 260 g/mol. The fraction of sp³-hybridized carbons (Fsp3) is 0.308. The lowest BCUT2D eigenvalue weighted by Crippen LogP contribution is -2.32. The van der Waals surface area contributed by atoms with Crippen molar-refractivity contribution in [1.82, 2.24) is 14.5 Å². The molecule has 2 aromatic rings. The minimum Gasteiger partial charge on any atom is -0.386 e. The molecule has 6 nitrogen and oxygen atoms in total. The van der Waals surface area contributed by atoms with Crippen LogP contribution in [0.3, 0.4) is 0 Å². The molecule has 0 radical (unpaired) electrons. The van der Waals surface area contributed by atoms with Crippen molar-refractivity contribution in [2.75, 3.05) is 18.5 Å². The number of nitrogens with zero attached hydrogens (tertiary/aromatic N) is 4. The number of aliphatic hydroxyl groups is 1. The number of anilines is 1. The second kappa shape index (κ2) is 5.62. The summed E-state index contributed by atoms with van der Waals surface area (Å²) in [6, 6.07) is 3.56. The van der Waals surface area contributed by atoms with Crippen LogP contribution in [0.25, 0.3) is 0 Å². The number of rotatable bonds is 4. The number of aromatic nitrogens is 3. The van der Waals surface area contributed by atoms with Gasteiger partial charge in [-0.3, -0.25) is 9.78 Å². The first-order chi connectivity index (χ1) is 9.09.